The maximum Gasteiger partial charge on any atom is 0.252 e. The van der Waals surface area contributed by atoms with E-state index >= 15 is 0 Å². The minimum Gasteiger partial charge on any atom is -0.398 e. The van der Waals surface area contributed by atoms with Gasteiger partial charge in [0, 0.05) is 5.69 Å². The van der Waals surface area contributed by atoms with Crippen LogP contribution in [-0.4, -0.2) is 23.2 Å². The highest BCUT2D eigenvalue weighted by Crippen LogP contribution is 2.24. The molecule has 2 atom stereocenters. The number of nitrogens with two attached hydrogens (primary N) is 1. The van der Waals surface area contributed by atoms with Gasteiger partial charge in [-0.05, 0) is 40.9 Å². The van der Waals surface area contributed by atoms with Crippen molar-refractivity contribution >= 4 is 27.5 Å². The molecule has 1 aliphatic rings. The van der Waals surface area contributed by atoms with Crippen LogP contribution in [0, 0.1) is 0 Å². The fourth-order valence-electron chi connectivity index (χ4n) is 2.25. The number of nitrogens with one attached hydrogen (secondary N) is 1. The molecule has 98 valence electrons. The molecule has 0 bridgehead atoms. The van der Waals surface area contributed by atoms with E-state index < -0.39 is 6.10 Å². The van der Waals surface area contributed by atoms with Crippen molar-refractivity contribution in [3.05, 3.63) is 28.2 Å². The zero-order chi connectivity index (χ0) is 13.1. The molecule has 0 aliphatic heterocycles. The number of hydrogen-bond donors (Lipinski definition) is 3. The number of nitrogen functional groups attached to an aromatic ring is 1. The maximum absolute atomic E-state index is 12.1. The molecule has 18 heavy (non-hydrogen) atoms. The molecule has 2 rings (SSSR count). The topological polar surface area (TPSA) is 75.4 Å². The van der Waals surface area contributed by atoms with Crippen LogP contribution < -0.4 is 11.1 Å². The Morgan fingerprint density at radius 3 is 2.83 bits per heavy atom. The minimum absolute atomic E-state index is 0.153. The van der Waals surface area contributed by atoms with Crippen LogP contribution in [-0.2, 0) is 0 Å². The summed E-state index contributed by atoms with van der Waals surface area (Å²) >= 11 is 3.31. The third-order valence-electron chi connectivity index (χ3n) is 3.32. The van der Waals surface area contributed by atoms with E-state index in [-0.39, 0.29) is 11.9 Å². The molecule has 1 amide bonds. The summed E-state index contributed by atoms with van der Waals surface area (Å²) in [6.45, 7) is 0. The molecule has 0 heterocycles. The first kappa shape index (κ1) is 13.4. The van der Waals surface area contributed by atoms with Crippen LogP contribution in [0.3, 0.4) is 0 Å². The summed E-state index contributed by atoms with van der Waals surface area (Å²) in [5.41, 5.74) is 6.78. The van der Waals surface area contributed by atoms with Gasteiger partial charge in [0.1, 0.15) is 0 Å². The Morgan fingerprint density at radius 1 is 1.39 bits per heavy atom. The summed E-state index contributed by atoms with van der Waals surface area (Å²) in [6, 6.07) is 5.03. The largest absolute Gasteiger partial charge is 0.398 e. The second kappa shape index (κ2) is 5.71. The van der Waals surface area contributed by atoms with Crippen LogP contribution in [0.15, 0.2) is 22.7 Å². The first-order chi connectivity index (χ1) is 8.59. The molecule has 0 spiro atoms. The van der Waals surface area contributed by atoms with Gasteiger partial charge in [0.05, 0.1) is 22.2 Å². The second-order valence-corrected chi connectivity index (χ2v) is 5.43. The first-order valence-corrected chi connectivity index (χ1v) is 6.92. The predicted molar refractivity (Wildman–Crippen MR) is 74.3 cm³/mol. The van der Waals surface area contributed by atoms with E-state index in [1.165, 1.54) is 0 Å². The van der Waals surface area contributed by atoms with Crippen molar-refractivity contribution < 1.29 is 9.90 Å². The number of carbonyl (C=O) groups excluding carboxylic acids is 1. The lowest BCUT2D eigenvalue weighted by molar-refractivity contribution is 0.0717. The van der Waals surface area contributed by atoms with E-state index in [0.29, 0.717) is 15.7 Å². The van der Waals surface area contributed by atoms with Crippen LogP contribution in [0.4, 0.5) is 5.69 Å². The Balaban J connectivity index is 2.09. The fraction of sp³-hybridized carbons (Fsp3) is 0.462. The Labute approximate surface area is 115 Å². The van der Waals surface area contributed by atoms with Crippen molar-refractivity contribution in [2.24, 2.45) is 0 Å². The van der Waals surface area contributed by atoms with Gasteiger partial charge in [-0.15, -0.1) is 0 Å². The van der Waals surface area contributed by atoms with E-state index in [1.807, 2.05) is 0 Å². The third-order valence-corrected chi connectivity index (χ3v) is 4.20. The molecular formula is C13H17BrN2O2. The number of anilines is 1. The molecule has 1 aliphatic carbocycles. The SMILES string of the molecule is Nc1cccc(C(=O)N[C@H]2CCCC[C@@H]2O)c1Br. The van der Waals surface area contributed by atoms with E-state index in [2.05, 4.69) is 21.2 Å². The molecule has 0 radical (unpaired) electrons. The van der Waals surface area contributed by atoms with Crippen molar-refractivity contribution in [1.82, 2.24) is 5.32 Å². The zero-order valence-electron chi connectivity index (χ0n) is 10.0. The molecule has 5 heteroatoms. The van der Waals surface area contributed by atoms with E-state index in [0.717, 1.165) is 25.7 Å². The Hall–Kier alpha value is -1.07. The quantitative estimate of drug-likeness (QED) is 0.732. The fourth-order valence-corrected chi connectivity index (χ4v) is 2.70. The Kier molecular flexibility index (Phi) is 4.24. The van der Waals surface area contributed by atoms with Gasteiger partial charge in [-0.2, -0.15) is 0 Å². The van der Waals surface area contributed by atoms with E-state index in [9.17, 15) is 9.90 Å². The number of hydrogen-bond acceptors (Lipinski definition) is 3. The molecule has 0 aromatic heterocycles. The standard InChI is InChI=1S/C13H17BrN2O2/c14-12-8(4-3-5-9(12)15)13(18)16-10-6-1-2-7-11(10)17/h3-5,10-11,17H,1-2,6-7,15H2,(H,16,18)/t10-,11-/m0/s1. The van der Waals surface area contributed by atoms with E-state index in [4.69, 9.17) is 5.73 Å². The minimum atomic E-state index is -0.442. The lowest BCUT2D eigenvalue weighted by Gasteiger charge is -2.28. The number of rotatable bonds is 2. The summed E-state index contributed by atoms with van der Waals surface area (Å²) in [5, 5.41) is 12.7. The van der Waals surface area contributed by atoms with Gasteiger partial charge in [0.25, 0.3) is 5.91 Å². The van der Waals surface area contributed by atoms with Gasteiger partial charge in [-0.1, -0.05) is 18.9 Å². The maximum atomic E-state index is 12.1. The van der Waals surface area contributed by atoms with Crippen molar-refractivity contribution in [2.75, 3.05) is 5.73 Å². The summed E-state index contributed by atoms with van der Waals surface area (Å²) in [4.78, 5) is 12.1. The molecular weight excluding hydrogens is 296 g/mol. The molecule has 0 unspecified atom stereocenters. The number of aliphatic hydroxyl groups is 1. The number of halogens is 1. The van der Waals surface area contributed by atoms with Crippen molar-refractivity contribution in [3.63, 3.8) is 0 Å². The number of aliphatic hydroxyl groups excluding tert-OH is 1. The van der Waals surface area contributed by atoms with Gasteiger partial charge < -0.3 is 16.2 Å². The van der Waals surface area contributed by atoms with E-state index in [1.54, 1.807) is 18.2 Å². The molecule has 1 saturated carbocycles. The van der Waals surface area contributed by atoms with Crippen molar-refractivity contribution in [2.45, 2.75) is 37.8 Å². The average Bonchev–Trinajstić information content (AvgIpc) is 2.35. The first-order valence-electron chi connectivity index (χ1n) is 6.12. The van der Waals surface area contributed by atoms with Gasteiger partial charge in [0.2, 0.25) is 0 Å². The van der Waals surface area contributed by atoms with Crippen molar-refractivity contribution in [1.29, 1.82) is 0 Å². The highest BCUT2D eigenvalue weighted by Gasteiger charge is 2.25. The van der Waals surface area contributed by atoms with Crippen LogP contribution in [0.1, 0.15) is 36.0 Å². The number of benzene rings is 1. The second-order valence-electron chi connectivity index (χ2n) is 4.64. The van der Waals surface area contributed by atoms with Crippen LogP contribution >= 0.6 is 15.9 Å². The third kappa shape index (κ3) is 2.84. The normalized spacial score (nSPS) is 23.7. The van der Waals surface area contributed by atoms with Gasteiger partial charge >= 0.3 is 0 Å². The lowest BCUT2D eigenvalue weighted by atomic mass is 9.92. The summed E-state index contributed by atoms with van der Waals surface area (Å²) in [5.74, 6) is -0.194. The van der Waals surface area contributed by atoms with Crippen LogP contribution in [0.2, 0.25) is 0 Å². The number of amides is 1. The molecule has 4 N–H and O–H groups in total. The molecule has 1 fully saturated rings. The van der Waals surface area contributed by atoms with Gasteiger partial charge in [-0.3, -0.25) is 4.79 Å². The Morgan fingerprint density at radius 2 is 2.11 bits per heavy atom. The summed E-state index contributed by atoms with van der Waals surface area (Å²) < 4.78 is 0.604. The van der Waals surface area contributed by atoms with Gasteiger partial charge in [-0.25, -0.2) is 0 Å². The van der Waals surface area contributed by atoms with Gasteiger partial charge in [0.15, 0.2) is 0 Å². The molecule has 0 saturated heterocycles. The highest BCUT2D eigenvalue weighted by molar-refractivity contribution is 9.10. The lowest BCUT2D eigenvalue weighted by Crippen LogP contribution is -2.45. The van der Waals surface area contributed by atoms with Crippen LogP contribution in [0.5, 0.6) is 0 Å². The van der Waals surface area contributed by atoms with Crippen LogP contribution in [0.25, 0.3) is 0 Å². The highest BCUT2D eigenvalue weighted by atomic mass is 79.9. The molecule has 4 nitrogen and oxygen atoms in total. The smallest absolute Gasteiger partial charge is 0.252 e. The zero-order valence-corrected chi connectivity index (χ0v) is 11.6. The molecule has 1 aromatic carbocycles. The monoisotopic (exact) mass is 312 g/mol. The number of carbonyl (C=O) groups is 1. The summed E-state index contributed by atoms with van der Waals surface area (Å²) in [7, 11) is 0. The molecule has 1 aromatic rings. The predicted octanol–water partition coefficient (Wildman–Crippen LogP) is 2.06. The average molecular weight is 313 g/mol. The summed E-state index contributed by atoms with van der Waals surface area (Å²) in [6.07, 6.45) is 3.20. The Bertz CT molecular complexity index is 451. The van der Waals surface area contributed by atoms with Crippen molar-refractivity contribution in [3.8, 4) is 0 Å².